The van der Waals surface area contributed by atoms with Crippen LogP contribution in [0.5, 0.6) is 0 Å². The van der Waals surface area contributed by atoms with Gasteiger partial charge >= 0.3 is 0 Å². The summed E-state index contributed by atoms with van der Waals surface area (Å²) in [5.41, 5.74) is 4.70. The summed E-state index contributed by atoms with van der Waals surface area (Å²) in [6, 6.07) is 16.1. The Hall–Kier alpha value is -2.99. The van der Waals surface area contributed by atoms with Crippen LogP contribution < -0.4 is 5.32 Å². The van der Waals surface area contributed by atoms with E-state index in [1.165, 1.54) is 16.7 Å². The first-order chi connectivity index (χ1) is 14.5. The van der Waals surface area contributed by atoms with Crippen molar-refractivity contribution in [2.45, 2.75) is 52.2 Å². The summed E-state index contributed by atoms with van der Waals surface area (Å²) in [4.78, 5) is 19.4. The Labute approximate surface area is 177 Å². The third kappa shape index (κ3) is 4.60. The van der Waals surface area contributed by atoms with E-state index in [4.69, 9.17) is 4.52 Å². The lowest BCUT2D eigenvalue weighted by Crippen LogP contribution is -2.30. The molecule has 1 unspecified atom stereocenters. The predicted molar refractivity (Wildman–Crippen MR) is 115 cm³/mol. The molecule has 0 bridgehead atoms. The molecule has 2 aromatic carbocycles. The van der Waals surface area contributed by atoms with Crippen molar-refractivity contribution in [2.75, 3.05) is 6.54 Å². The average molecular weight is 405 g/mol. The zero-order chi connectivity index (χ0) is 21.1. The molecule has 0 saturated carbocycles. The molecule has 0 aliphatic carbocycles. The van der Waals surface area contributed by atoms with Crippen LogP contribution >= 0.6 is 0 Å². The van der Waals surface area contributed by atoms with Crippen molar-refractivity contribution in [3.8, 4) is 0 Å². The van der Waals surface area contributed by atoms with E-state index in [1.54, 1.807) is 0 Å². The molecule has 1 aliphatic rings. The number of rotatable bonds is 6. The first-order valence-corrected chi connectivity index (χ1v) is 10.5. The van der Waals surface area contributed by atoms with Gasteiger partial charge in [-0.3, -0.25) is 9.69 Å². The number of nitrogens with one attached hydrogen (secondary N) is 1. The molecule has 1 atom stereocenters. The Morgan fingerprint density at radius 3 is 2.53 bits per heavy atom. The summed E-state index contributed by atoms with van der Waals surface area (Å²) in [6.45, 7) is 8.76. The van der Waals surface area contributed by atoms with Crippen LogP contribution in [-0.2, 0) is 19.5 Å². The maximum Gasteiger partial charge on any atom is 0.251 e. The van der Waals surface area contributed by atoms with Gasteiger partial charge in [-0.2, -0.15) is 4.98 Å². The van der Waals surface area contributed by atoms with Crippen LogP contribution in [-0.4, -0.2) is 27.5 Å². The Morgan fingerprint density at radius 2 is 1.83 bits per heavy atom. The zero-order valence-corrected chi connectivity index (χ0v) is 17.8. The number of amides is 1. The minimum Gasteiger partial charge on any atom is -0.341 e. The van der Waals surface area contributed by atoms with Gasteiger partial charge in [0, 0.05) is 31.1 Å². The summed E-state index contributed by atoms with van der Waals surface area (Å²) in [6.07, 6.45) is 1.09. The smallest absolute Gasteiger partial charge is 0.251 e. The molecule has 6 heteroatoms. The number of hydrogen-bond donors (Lipinski definition) is 1. The van der Waals surface area contributed by atoms with Gasteiger partial charge in [-0.25, -0.2) is 0 Å². The second-order valence-electron chi connectivity index (χ2n) is 8.27. The number of carbonyl (C=O) groups excluding carboxylic acids is 1. The van der Waals surface area contributed by atoms with Crippen LogP contribution in [0.2, 0.25) is 0 Å². The highest BCUT2D eigenvalue weighted by Gasteiger charge is 2.19. The minimum atomic E-state index is -0.342. The summed E-state index contributed by atoms with van der Waals surface area (Å²) in [5, 5.41) is 6.89. The fourth-order valence-corrected chi connectivity index (χ4v) is 3.71. The van der Waals surface area contributed by atoms with Gasteiger partial charge in [0.25, 0.3) is 5.91 Å². The molecule has 30 heavy (non-hydrogen) atoms. The van der Waals surface area contributed by atoms with Gasteiger partial charge in [0.05, 0.1) is 0 Å². The molecule has 0 spiro atoms. The molecule has 1 aliphatic heterocycles. The van der Waals surface area contributed by atoms with Crippen molar-refractivity contribution in [2.24, 2.45) is 0 Å². The van der Waals surface area contributed by atoms with Crippen molar-refractivity contribution >= 4 is 5.91 Å². The summed E-state index contributed by atoms with van der Waals surface area (Å²) < 4.78 is 5.27. The molecule has 0 fully saturated rings. The second-order valence-corrected chi connectivity index (χ2v) is 8.27. The van der Waals surface area contributed by atoms with Crippen molar-refractivity contribution in [3.63, 3.8) is 0 Å². The highest BCUT2D eigenvalue weighted by Crippen LogP contribution is 2.21. The molecule has 6 nitrogen and oxygen atoms in total. The van der Waals surface area contributed by atoms with E-state index in [-0.39, 0.29) is 17.9 Å². The van der Waals surface area contributed by atoms with Gasteiger partial charge in [0.1, 0.15) is 6.04 Å². The maximum atomic E-state index is 12.6. The van der Waals surface area contributed by atoms with Gasteiger partial charge in [0.2, 0.25) is 5.89 Å². The molecule has 0 radical (unpaired) electrons. The van der Waals surface area contributed by atoms with E-state index in [9.17, 15) is 4.79 Å². The quantitative estimate of drug-likeness (QED) is 0.665. The lowest BCUT2D eigenvalue weighted by atomic mass is 9.99. The topological polar surface area (TPSA) is 71.3 Å². The van der Waals surface area contributed by atoms with Crippen LogP contribution in [0.1, 0.15) is 71.5 Å². The minimum absolute atomic E-state index is 0.148. The molecule has 1 aromatic heterocycles. The lowest BCUT2D eigenvalue weighted by molar-refractivity contribution is 0.0932. The molecule has 1 N–H and O–H groups in total. The number of hydrogen-bond acceptors (Lipinski definition) is 5. The van der Waals surface area contributed by atoms with Crippen LogP contribution in [0, 0.1) is 0 Å². The SMILES string of the molecule is CC(C)c1noc(C(C)NC(=O)c2ccc(CN3CCc4ccccc4C3)cc2)n1. The standard InChI is InChI=1S/C24H28N4O2/c1-16(2)22-26-24(30-27-22)17(3)25-23(29)20-10-8-18(9-11-20)14-28-13-12-19-6-4-5-7-21(19)15-28/h4-11,16-17H,12-15H2,1-3H3,(H,25,29). The number of benzene rings is 2. The van der Waals surface area contributed by atoms with Crippen LogP contribution in [0.25, 0.3) is 0 Å². The third-order valence-corrected chi connectivity index (χ3v) is 5.52. The van der Waals surface area contributed by atoms with E-state index in [0.717, 1.165) is 26.1 Å². The molecule has 156 valence electrons. The van der Waals surface area contributed by atoms with Crippen molar-refractivity contribution in [1.29, 1.82) is 0 Å². The largest absolute Gasteiger partial charge is 0.341 e. The van der Waals surface area contributed by atoms with E-state index >= 15 is 0 Å². The number of nitrogens with zero attached hydrogens (tertiary/aromatic N) is 3. The molecule has 0 saturated heterocycles. The fourth-order valence-electron chi connectivity index (χ4n) is 3.71. The van der Waals surface area contributed by atoms with Crippen molar-refractivity contribution < 1.29 is 9.32 Å². The van der Waals surface area contributed by atoms with Gasteiger partial charge < -0.3 is 9.84 Å². The number of aromatic nitrogens is 2. The van der Waals surface area contributed by atoms with Gasteiger partial charge in [0.15, 0.2) is 5.82 Å². The predicted octanol–water partition coefficient (Wildman–Crippen LogP) is 4.24. The highest BCUT2D eigenvalue weighted by atomic mass is 16.5. The summed E-state index contributed by atoms with van der Waals surface area (Å²) in [7, 11) is 0. The maximum absolute atomic E-state index is 12.6. The molecule has 1 amide bonds. The highest BCUT2D eigenvalue weighted by molar-refractivity contribution is 5.94. The van der Waals surface area contributed by atoms with E-state index in [0.29, 0.717) is 17.3 Å². The van der Waals surface area contributed by atoms with Crippen molar-refractivity contribution in [3.05, 3.63) is 82.5 Å². The molecular formula is C24H28N4O2. The first-order valence-electron chi connectivity index (χ1n) is 10.5. The third-order valence-electron chi connectivity index (χ3n) is 5.52. The van der Waals surface area contributed by atoms with Gasteiger partial charge in [-0.05, 0) is 42.2 Å². The molecule has 4 rings (SSSR count). The Balaban J connectivity index is 1.34. The zero-order valence-electron chi connectivity index (χ0n) is 17.8. The summed E-state index contributed by atoms with van der Waals surface area (Å²) >= 11 is 0. The number of fused-ring (bicyclic) bond motifs is 1. The fraction of sp³-hybridized carbons (Fsp3) is 0.375. The van der Waals surface area contributed by atoms with E-state index in [2.05, 4.69) is 44.6 Å². The average Bonchev–Trinajstić information content (AvgIpc) is 3.25. The molecule has 3 aromatic rings. The lowest BCUT2D eigenvalue weighted by Gasteiger charge is -2.28. The van der Waals surface area contributed by atoms with Crippen LogP contribution in [0.4, 0.5) is 0 Å². The Bertz CT molecular complexity index is 1010. The molecule has 2 heterocycles. The van der Waals surface area contributed by atoms with E-state index < -0.39 is 0 Å². The second kappa shape index (κ2) is 8.79. The Morgan fingerprint density at radius 1 is 1.10 bits per heavy atom. The number of carbonyl (C=O) groups is 1. The Kier molecular flexibility index (Phi) is 5.95. The summed E-state index contributed by atoms with van der Waals surface area (Å²) in [5.74, 6) is 1.11. The van der Waals surface area contributed by atoms with Crippen LogP contribution in [0.3, 0.4) is 0 Å². The van der Waals surface area contributed by atoms with Gasteiger partial charge in [-0.1, -0.05) is 55.4 Å². The normalized spacial score (nSPS) is 15.1. The monoisotopic (exact) mass is 404 g/mol. The first kappa shape index (κ1) is 20.3. The van der Waals surface area contributed by atoms with Gasteiger partial charge in [-0.15, -0.1) is 0 Å². The van der Waals surface area contributed by atoms with E-state index in [1.807, 2.05) is 45.0 Å². The molecular weight excluding hydrogens is 376 g/mol. The van der Waals surface area contributed by atoms with Crippen molar-refractivity contribution in [1.82, 2.24) is 20.4 Å². The van der Waals surface area contributed by atoms with Crippen LogP contribution in [0.15, 0.2) is 53.1 Å².